The van der Waals surface area contributed by atoms with Gasteiger partial charge in [-0.3, -0.25) is 9.71 Å². The number of aromatic nitrogens is 1. The normalized spacial score (nSPS) is 11.2. The second-order valence-electron chi connectivity index (χ2n) is 3.79. The molecule has 0 atom stereocenters. The van der Waals surface area contributed by atoms with Crippen LogP contribution < -0.4 is 4.72 Å². The third-order valence-corrected chi connectivity index (χ3v) is 3.77. The van der Waals surface area contributed by atoms with Crippen LogP contribution in [0.3, 0.4) is 0 Å². The van der Waals surface area contributed by atoms with Gasteiger partial charge < -0.3 is 5.11 Å². The Morgan fingerprint density at radius 3 is 2.72 bits per heavy atom. The van der Waals surface area contributed by atoms with Crippen molar-refractivity contribution in [2.24, 2.45) is 0 Å². The number of nitrogens with zero attached hydrogens (tertiary/aromatic N) is 1. The molecule has 2 rings (SSSR count). The molecule has 0 fully saturated rings. The highest BCUT2D eigenvalue weighted by Gasteiger charge is 2.15. The Hall–Kier alpha value is -2.08. The van der Waals surface area contributed by atoms with Crippen LogP contribution in [0.1, 0.15) is 5.56 Å². The van der Waals surface area contributed by atoms with Gasteiger partial charge in [-0.2, -0.15) is 0 Å². The molecule has 18 heavy (non-hydrogen) atoms. The van der Waals surface area contributed by atoms with Gasteiger partial charge in [0.1, 0.15) is 5.75 Å². The number of benzene rings is 1. The molecule has 1 aromatic carbocycles. The first kappa shape index (κ1) is 12.4. The summed E-state index contributed by atoms with van der Waals surface area (Å²) < 4.78 is 26.5. The minimum atomic E-state index is -3.71. The van der Waals surface area contributed by atoms with Crippen LogP contribution in [0.2, 0.25) is 0 Å². The molecule has 0 bridgehead atoms. The lowest BCUT2D eigenvalue weighted by Gasteiger charge is -2.09. The van der Waals surface area contributed by atoms with Crippen LogP contribution >= 0.6 is 0 Å². The lowest BCUT2D eigenvalue weighted by atomic mass is 10.3. The van der Waals surface area contributed by atoms with E-state index in [1.165, 1.54) is 30.5 Å². The first-order valence-corrected chi connectivity index (χ1v) is 6.70. The summed E-state index contributed by atoms with van der Waals surface area (Å²) in [7, 11) is -3.71. The van der Waals surface area contributed by atoms with E-state index in [9.17, 15) is 13.5 Å². The van der Waals surface area contributed by atoms with Gasteiger partial charge in [0.25, 0.3) is 10.0 Å². The standard InChI is InChI=1S/C12H12N2O3S/c1-9-5-6-13-8-12(9)14-18(16,17)11-4-2-3-10(15)7-11/h2-8,14-15H,1H3. The van der Waals surface area contributed by atoms with Crippen molar-refractivity contribution in [3.8, 4) is 5.75 Å². The Morgan fingerprint density at radius 1 is 1.28 bits per heavy atom. The Balaban J connectivity index is 2.37. The van der Waals surface area contributed by atoms with Gasteiger partial charge in [0.15, 0.2) is 0 Å². The van der Waals surface area contributed by atoms with E-state index in [0.717, 1.165) is 5.56 Å². The number of rotatable bonds is 3. The van der Waals surface area contributed by atoms with Crippen molar-refractivity contribution in [3.63, 3.8) is 0 Å². The number of sulfonamides is 1. The fourth-order valence-corrected chi connectivity index (χ4v) is 2.58. The molecule has 2 N–H and O–H groups in total. The number of aryl methyl sites for hydroxylation is 1. The Kier molecular flexibility index (Phi) is 3.20. The van der Waals surface area contributed by atoms with Gasteiger partial charge in [0.2, 0.25) is 0 Å². The van der Waals surface area contributed by atoms with Gasteiger partial charge in [-0.25, -0.2) is 8.42 Å². The molecule has 0 saturated carbocycles. The number of phenols is 1. The Bertz CT molecular complexity index is 669. The molecule has 5 nitrogen and oxygen atoms in total. The molecule has 2 aromatic rings. The first-order chi connectivity index (χ1) is 8.49. The summed E-state index contributed by atoms with van der Waals surface area (Å²) in [6.07, 6.45) is 3.02. The van der Waals surface area contributed by atoms with Gasteiger partial charge in [-0.05, 0) is 30.7 Å². The fraction of sp³-hybridized carbons (Fsp3) is 0.0833. The third-order valence-electron chi connectivity index (χ3n) is 2.41. The van der Waals surface area contributed by atoms with E-state index in [0.29, 0.717) is 5.69 Å². The van der Waals surface area contributed by atoms with E-state index >= 15 is 0 Å². The van der Waals surface area contributed by atoms with Crippen LogP contribution in [0, 0.1) is 6.92 Å². The van der Waals surface area contributed by atoms with Crippen LogP contribution in [0.5, 0.6) is 5.75 Å². The molecular formula is C12H12N2O3S. The zero-order valence-electron chi connectivity index (χ0n) is 9.66. The summed E-state index contributed by atoms with van der Waals surface area (Å²) in [5.74, 6) is -0.0965. The maximum absolute atomic E-state index is 12.1. The zero-order chi connectivity index (χ0) is 13.2. The van der Waals surface area contributed by atoms with Crippen molar-refractivity contribution in [2.45, 2.75) is 11.8 Å². The van der Waals surface area contributed by atoms with Crippen LogP contribution in [-0.4, -0.2) is 18.5 Å². The monoisotopic (exact) mass is 264 g/mol. The zero-order valence-corrected chi connectivity index (χ0v) is 10.5. The smallest absolute Gasteiger partial charge is 0.262 e. The summed E-state index contributed by atoms with van der Waals surface area (Å²) in [6, 6.07) is 7.19. The summed E-state index contributed by atoms with van der Waals surface area (Å²) in [6.45, 7) is 1.78. The van der Waals surface area contributed by atoms with Crippen LogP contribution in [0.25, 0.3) is 0 Å². The summed E-state index contributed by atoms with van der Waals surface area (Å²) in [4.78, 5) is 3.87. The van der Waals surface area contributed by atoms with E-state index in [1.54, 1.807) is 19.2 Å². The Morgan fingerprint density at radius 2 is 2.06 bits per heavy atom. The van der Waals surface area contributed by atoms with Crippen molar-refractivity contribution >= 4 is 15.7 Å². The third kappa shape index (κ3) is 2.60. The SMILES string of the molecule is Cc1ccncc1NS(=O)(=O)c1cccc(O)c1. The number of aromatic hydroxyl groups is 1. The van der Waals surface area contributed by atoms with E-state index in [-0.39, 0.29) is 10.6 Å². The van der Waals surface area contributed by atoms with Crippen molar-refractivity contribution in [3.05, 3.63) is 48.3 Å². The van der Waals surface area contributed by atoms with Crippen LogP contribution in [0.4, 0.5) is 5.69 Å². The molecule has 94 valence electrons. The average molecular weight is 264 g/mol. The van der Waals surface area contributed by atoms with Gasteiger partial charge in [0, 0.05) is 12.3 Å². The number of anilines is 1. The Labute approximate surface area is 105 Å². The van der Waals surface area contributed by atoms with E-state index in [4.69, 9.17) is 0 Å². The maximum Gasteiger partial charge on any atom is 0.262 e. The highest BCUT2D eigenvalue weighted by molar-refractivity contribution is 7.92. The highest BCUT2D eigenvalue weighted by atomic mass is 32.2. The minimum Gasteiger partial charge on any atom is -0.508 e. The van der Waals surface area contributed by atoms with Crippen molar-refractivity contribution in [1.82, 2.24) is 4.98 Å². The predicted molar refractivity (Wildman–Crippen MR) is 67.9 cm³/mol. The lowest BCUT2D eigenvalue weighted by Crippen LogP contribution is -2.13. The summed E-state index contributed by atoms with van der Waals surface area (Å²) in [5.41, 5.74) is 1.19. The number of hydrogen-bond donors (Lipinski definition) is 2. The molecule has 0 saturated heterocycles. The maximum atomic E-state index is 12.1. The molecular weight excluding hydrogens is 252 g/mol. The molecule has 0 radical (unpaired) electrons. The van der Waals surface area contributed by atoms with E-state index in [2.05, 4.69) is 9.71 Å². The largest absolute Gasteiger partial charge is 0.508 e. The lowest BCUT2D eigenvalue weighted by molar-refractivity contribution is 0.473. The molecule has 1 aromatic heterocycles. The number of nitrogens with one attached hydrogen (secondary N) is 1. The van der Waals surface area contributed by atoms with Gasteiger partial charge in [0.05, 0.1) is 16.8 Å². The highest BCUT2D eigenvalue weighted by Crippen LogP contribution is 2.20. The predicted octanol–water partition coefficient (Wildman–Crippen LogP) is 1.90. The van der Waals surface area contributed by atoms with E-state index < -0.39 is 10.0 Å². The van der Waals surface area contributed by atoms with Gasteiger partial charge in [-0.15, -0.1) is 0 Å². The average Bonchev–Trinajstić information content (AvgIpc) is 2.32. The van der Waals surface area contributed by atoms with Crippen LogP contribution in [-0.2, 0) is 10.0 Å². The second-order valence-corrected chi connectivity index (χ2v) is 5.48. The summed E-state index contributed by atoms with van der Waals surface area (Å²) >= 11 is 0. The molecule has 1 heterocycles. The second kappa shape index (κ2) is 4.66. The molecule has 0 spiro atoms. The number of hydrogen-bond acceptors (Lipinski definition) is 4. The molecule has 0 unspecified atom stereocenters. The fourth-order valence-electron chi connectivity index (χ4n) is 1.43. The molecule has 0 aliphatic heterocycles. The van der Waals surface area contributed by atoms with Crippen molar-refractivity contribution in [2.75, 3.05) is 4.72 Å². The first-order valence-electron chi connectivity index (χ1n) is 5.21. The summed E-state index contributed by atoms with van der Waals surface area (Å²) in [5, 5.41) is 9.29. The van der Waals surface area contributed by atoms with E-state index in [1.807, 2.05) is 0 Å². The van der Waals surface area contributed by atoms with Gasteiger partial charge >= 0.3 is 0 Å². The molecule has 0 amide bonds. The van der Waals surface area contributed by atoms with Crippen LogP contribution in [0.15, 0.2) is 47.6 Å². The number of pyridine rings is 1. The quantitative estimate of drug-likeness (QED) is 0.887. The van der Waals surface area contributed by atoms with Crippen molar-refractivity contribution < 1.29 is 13.5 Å². The molecule has 6 heteroatoms. The van der Waals surface area contributed by atoms with Crippen molar-refractivity contribution in [1.29, 1.82) is 0 Å². The topological polar surface area (TPSA) is 79.3 Å². The molecule has 0 aliphatic rings. The minimum absolute atomic E-state index is 0.00533. The number of phenolic OH excluding ortho intramolecular Hbond substituents is 1. The van der Waals surface area contributed by atoms with Gasteiger partial charge in [-0.1, -0.05) is 6.07 Å². The molecule has 0 aliphatic carbocycles.